The second kappa shape index (κ2) is 9.91. The molecule has 0 unspecified atom stereocenters. The lowest BCUT2D eigenvalue weighted by Crippen LogP contribution is -2.34. The molecule has 0 aromatic heterocycles. The van der Waals surface area contributed by atoms with Gasteiger partial charge in [-0.1, -0.05) is 0 Å². The molecule has 11 nitrogen and oxygen atoms in total. The van der Waals surface area contributed by atoms with Crippen LogP contribution in [0.2, 0.25) is 0 Å². The van der Waals surface area contributed by atoms with E-state index in [1.165, 1.54) is 0 Å². The zero-order chi connectivity index (χ0) is 24.1. The zero-order valence-corrected chi connectivity index (χ0v) is 16.9. The standard InChI is InChI=1S/C18H14F2N2O9S/c1-32(28,29)14-7-4-11(8-13(14)22(26)27)17(25)30-9-15(23)21-16(24)10-2-5-12(6-3-10)31-18(19)20/h2-8,18H,9H2,1H3,(H,21,23,24). The van der Waals surface area contributed by atoms with Crippen molar-refractivity contribution in [2.45, 2.75) is 11.5 Å². The number of nitrogens with one attached hydrogen (secondary N) is 1. The Hall–Kier alpha value is -3.94. The third-order valence-electron chi connectivity index (χ3n) is 3.72. The molecule has 0 fully saturated rings. The Morgan fingerprint density at radius 2 is 1.69 bits per heavy atom. The van der Waals surface area contributed by atoms with Crippen molar-refractivity contribution in [1.82, 2.24) is 5.32 Å². The lowest BCUT2D eigenvalue weighted by molar-refractivity contribution is -0.387. The summed E-state index contributed by atoms with van der Waals surface area (Å²) in [5.74, 6) is -3.33. The molecule has 2 amide bonds. The Bertz CT molecular complexity index is 1170. The molecule has 1 N–H and O–H groups in total. The van der Waals surface area contributed by atoms with Crippen LogP contribution in [-0.2, 0) is 19.4 Å². The van der Waals surface area contributed by atoms with E-state index in [0.717, 1.165) is 42.7 Å². The molecule has 0 aliphatic heterocycles. The second-order valence-corrected chi connectivity index (χ2v) is 8.05. The van der Waals surface area contributed by atoms with Gasteiger partial charge in [0.2, 0.25) is 0 Å². The van der Waals surface area contributed by atoms with Crippen LogP contribution >= 0.6 is 0 Å². The van der Waals surface area contributed by atoms with Crippen molar-refractivity contribution < 1.29 is 46.0 Å². The number of hydrogen-bond donors (Lipinski definition) is 1. The molecule has 0 radical (unpaired) electrons. The minimum absolute atomic E-state index is 0.0710. The van der Waals surface area contributed by atoms with Crippen LogP contribution in [-0.4, -0.2) is 50.6 Å². The molecule has 32 heavy (non-hydrogen) atoms. The highest BCUT2D eigenvalue weighted by molar-refractivity contribution is 7.90. The molecular weight excluding hydrogens is 458 g/mol. The van der Waals surface area contributed by atoms with Gasteiger partial charge in [0.1, 0.15) is 10.6 Å². The molecule has 0 aliphatic rings. The van der Waals surface area contributed by atoms with Gasteiger partial charge in [0.05, 0.1) is 10.5 Å². The maximum absolute atomic E-state index is 12.1. The van der Waals surface area contributed by atoms with Crippen LogP contribution in [0.3, 0.4) is 0 Å². The SMILES string of the molecule is CS(=O)(=O)c1ccc(C(=O)OCC(=O)NC(=O)c2ccc(OC(F)F)cc2)cc1[N+](=O)[O-]. The smallest absolute Gasteiger partial charge is 0.387 e. The Balaban J connectivity index is 1.99. The molecule has 0 heterocycles. The van der Waals surface area contributed by atoms with Gasteiger partial charge in [-0.2, -0.15) is 8.78 Å². The first-order valence-corrected chi connectivity index (χ1v) is 10.3. The number of nitro groups is 1. The number of benzene rings is 2. The monoisotopic (exact) mass is 472 g/mol. The van der Waals surface area contributed by atoms with Crippen molar-refractivity contribution in [3.05, 3.63) is 63.7 Å². The molecular formula is C18H14F2N2O9S. The van der Waals surface area contributed by atoms with Crippen molar-refractivity contribution in [1.29, 1.82) is 0 Å². The van der Waals surface area contributed by atoms with E-state index in [1.807, 2.05) is 5.32 Å². The van der Waals surface area contributed by atoms with Gasteiger partial charge < -0.3 is 9.47 Å². The number of sulfone groups is 1. The molecule has 2 aromatic carbocycles. The van der Waals surface area contributed by atoms with Gasteiger partial charge in [0, 0.05) is 17.9 Å². The topological polar surface area (TPSA) is 159 Å². The van der Waals surface area contributed by atoms with Gasteiger partial charge in [0.15, 0.2) is 16.4 Å². The Morgan fingerprint density at radius 3 is 2.22 bits per heavy atom. The zero-order valence-electron chi connectivity index (χ0n) is 16.1. The fourth-order valence-electron chi connectivity index (χ4n) is 2.34. The normalized spacial score (nSPS) is 11.0. The number of carbonyl (C=O) groups is 3. The number of nitrogens with zero attached hydrogens (tertiary/aromatic N) is 1. The Morgan fingerprint density at radius 1 is 1.09 bits per heavy atom. The van der Waals surface area contributed by atoms with Crippen molar-refractivity contribution in [3.63, 3.8) is 0 Å². The summed E-state index contributed by atoms with van der Waals surface area (Å²) in [5, 5.41) is 13.0. The number of alkyl halides is 2. The number of nitro benzene ring substituents is 1. The average Bonchev–Trinajstić information content (AvgIpc) is 2.70. The summed E-state index contributed by atoms with van der Waals surface area (Å²) in [5.41, 5.74) is -1.31. The number of hydrogen-bond acceptors (Lipinski definition) is 9. The van der Waals surface area contributed by atoms with Crippen molar-refractivity contribution in [2.24, 2.45) is 0 Å². The summed E-state index contributed by atoms with van der Waals surface area (Å²) in [6.07, 6.45) is 0.758. The van der Waals surface area contributed by atoms with Gasteiger partial charge in [-0.3, -0.25) is 25.0 Å². The van der Waals surface area contributed by atoms with Crippen LogP contribution in [0.15, 0.2) is 47.4 Å². The molecule has 0 aliphatic carbocycles. The van der Waals surface area contributed by atoms with E-state index in [9.17, 15) is 41.7 Å². The van der Waals surface area contributed by atoms with Gasteiger partial charge in [0.25, 0.3) is 17.5 Å². The first-order chi connectivity index (χ1) is 14.9. The predicted molar refractivity (Wildman–Crippen MR) is 102 cm³/mol. The Labute approximate surface area is 179 Å². The first kappa shape index (κ1) is 24.3. The molecule has 0 spiro atoms. The number of carbonyl (C=O) groups excluding carboxylic acids is 3. The maximum Gasteiger partial charge on any atom is 0.387 e. The summed E-state index contributed by atoms with van der Waals surface area (Å²) in [6.45, 7) is -3.98. The molecule has 170 valence electrons. The van der Waals surface area contributed by atoms with E-state index in [-0.39, 0.29) is 11.3 Å². The highest BCUT2D eigenvalue weighted by Crippen LogP contribution is 2.25. The quantitative estimate of drug-likeness (QED) is 0.343. The van der Waals surface area contributed by atoms with E-state index >= 15 is 0 Å². The summed E-state index contributed by atoms with van der Waals surface area (Å²) < 4.78 is 56.2. The molecule has 0 atom stereocenters. The van der Waals surface area contributed by atoms with E-state index in [4.69, 9.17) is 0 Å². The molecule has 2 aromatic rings. The molecule has 2 rings (SSSR count). The summed E-state index contributed by atoms with van der Waals surface area (Å²) in [4.78, 5) is 45.3. The van der Waals surface area contributed by atoms with Crippen molar-refractivity contribution >= 4 is 33.3 Å². The first-order valence-electron chi connectivity index (χ1n) is 8.43. The number of rotatable bonds is 8. The van der Waals surface area contributed by atoms with Gasteiger partial charge >= 0.3 is 12.6 Å². The number of ether oxygens (including phenoxy) is 2. The molecule has 14 heteroatoms. The summed E-state index contributed by atoms with van der Waals surface area (Å²) in [6, 6.07) is 6.92. The van der Waals surface area contributed by atoms with Gasteiger partial charge in [-0.15, -0.1) is 0 Å². The number of imide groups is 1. The lowest BCUT2D eigenvalue weighted by atomic mass is 10.2. The number of esters is 1. The molecule has 0 saturated heterocycles. The van der Waals surface area contributed by atoms with Crippen LogP contribution in [0.25, 0.3) is 0 Å². The van der Waals surface area contributed by atoms with Crippen LogP contribution in [0.5, 0.6) is 5.75 Å². The van der Waals surface area contributed by atoms with Crippen LogP contribution < -0.4 is 10.1 Å². The predicted octanol–water partition coefficient (Wildman–Crippen LogP) is 1.71. The van der Waals surface area contributed by atoms with Crippen molar-refractivity contribution in [2.75, 3.05) is 12.9 Å². The summed E-state index contributed by atoms with van der Waals surface area (Å²) in [7, 11) is -3.94. The second-order valence-electron chi connectivity index (χ2n) is 6.07. The third-order valence-corrected chi connectivity index (χ3v) is 4.86. The molecule has 0 saturated carbocycles. The van der Waals surface area contributed by atoms with Crippen LogP contribution in [0.4, 0.5) is 14.5 Å². The highest BCUT2D eigenvalue weighted by Gasteiger charge is 2.25. The van der Waals surface area contributed by atoms with E-state index in [1.54, 1.807) is 0 Å². The average molecular weight is 472 g/mol. The van der Waals surface area contributed by atoms with E-state index in [0.29, 0.717) is 6.07 Å². The summed E-state index contributed by atoms with van der Waals surface area (Å²) >= 11 is 0. The number of amides is 2. The van der Waals surface area contributed by atoms with Crippen molar-refractivity contribution in [3.8, 4) is 5.75 Å². The largest absolute Gasteiger partial charge is 0.452 e. The third kappa shape index (κ3) is 6.53. The minimum atomic E-state index is -3.94. The maximum atomic E-state index is 12.1. The lowest BCUT2D eigenvalue weighted by Gasteiger charge is -2.08. The highest BCUT2D eigenvalue weighted by atomic mass is 32.2. The Kier molecular flexibility index (Phi) is 7.54. The molecule has 0 bridgehead atoms. The fraction of sp³-hybridized carbons (Fsp3) is 0.167. The van der Waals surface area contributed by atoms with E-state index < -0.39 is 61.9 Å². The van der Waals surface area contributed by atoms with Crippen LogP contribution in [0, 0.1) is 10.1 Å². The van der Waals surface area contributed by atoms with E-state index in [2.05, 4.69) is 9.47 Å². The number of halogens is 2. The van der Waals surface area contributed by atoms with Gasteiger partial charge in [-0.25, -0.2) is 13.2 Å². The minimum Gasteiger partial charge on any atom is -0.452 e. The van der Waals surface area contributed by atoms with Crippen LogP contribution in [0.1, 0.15) is 20.7 Å². The van der Waals surface area contributed by atoms with Gasteiger partial charge in [-0.05, 0) is 36.4 Å². The fourth-order valence-corrected chi connectivity index (χ4v) is 3.17.